The Hall–Kier alpha value is -1.75. The van der Waals surface area contributed by atoms with Gasteiger partial charge in [-0.05, 0) is 36.6 Å². The van der Waals surface area contributed by atoms with Gasteiger partial charge in [-0.15, -0.1) is 0 Å². The molecule has 0 saturated carbocycles. The third kappa shape index (κ3) is 5.48. The first-order chi connectivity index (χ1) is 9.42. The maximum absolute atomic E-state index is 11.8. The third-order valence-corrected chi connectivity index (χ3v) is 2.85. The van der Waals surface area contributed by atoms with Gasteiger partial charge < -0.3 is 15.4 Å². The maximum atomic E-state index is 11.8. The number of carbonyl (C=O) groups is 2. The van der Waals surface area contributed by atoms with Crippen molar-refractivity contribution in [1.29, 1.82) is 0 Å². The van der Waals surface area contributed by atoms with Crippen molar-refractivity contribution < 1.29 is 14.3 Å². The average molecular weight is 299 g/mol. The topological polar surface area (TPSA) is 67.4 Å². The number of methoxy groups -OCH3 is 1. The molecular formula is C14H19ClN2O3. The molecule has 2 amide bonds. The molecule has 110 valence electrons. The van der Waals surface area contributed by atoms with E-state index in [0.29, 0.717) is 17.1 Å². The number of nitrogens with one attached hydrogen (secondary N) is 2. The first-order valence-corrected chi connectivity index (χ1v) is 6.71. The predicted molar refractivity (Wildman–Crippen MR) is 78.9 cm³/mol. The van der Waals surface area contributed by atoms with E-state index in [1.807, 2.05) is 13.8 Å². The van der Waals surface area contributed by atoms with E-state index >= 15 is 0 Å². The van der Waals surface area contributed by atoms with Crippen LogP contribution in [0.1, 0.15) is 20.3 Å². The summed E-state index contributed by atoms with van der Waals surface area (Å²) < 4.78 is 4.68. The summed E-state index contributed by atoms with van der Waals surface area (Å²) in [6.07, 6.45) is 0.515. The number of halogens is 1. The van der Waals surface area contributed by atoms with Crippen LogP contribution in [-0.2, 0) is 9.53 Å². The molecule has 0 spiro atoms. The lowest BCUT2D eigenvalue weighted by molar-refractivity contribution is -0.143. The van der Waals surface area contributed by atoms with Crippen molar-refractivity contribution in [2.24, 2.45) is 5.92 Å². The van der Waals surface area contributed by atoms with Crippen LogP contribution in [0.15, 0.2) is 24.3 Å². The zero-order chi connectivity index (χ0) is 15.1. The van der Waals surface area contributed by atoms with Crippen LogP contribution >= 0.6 is 11.6 Å². The summed E-state index contributed by atoms with van der Waals surface area (Å²) in [5.41, 5.74) is 0.597. The molecule has 20 heavy (non-hydrogen) atoms. The van der Waals surface area contributed by atoms with Gasteiger partial charge in [-0.25, -0.2) is 9.59 Å². The Bertz CT molecular complexity index is 460. The Morgan fingerprint density at radius 1 is 1.25 bits per heavy atom. The zero-order valence-corrected chi connectivity index (χ0v) is 12.5. The molecule has 1 atom stereocenters. The third-order valence-electron chi connectivity index (χ3n) is 2.60. The van der Waals surface area contributed by atoms with Crippen LogP contribution in [0.2, 0.25) is 5.02 Å². The van der Waals surface area contributed by atoms with Gasteiger partial charge in [-0.1, -0.05) is 25.4 Å². The number of esters is 1. The summed E-state index contributed by atoms with van der Waals surface area (Å²) in [4.78, 5) is 23.4. The van der Waals surface area contributed by atoms with Crippen molar-refractivity contribution in [3.8, 4) is 0 Å². The molecule has 0 radical (unpaired) electrons. The van der Waals surface area contributed by atoms with Crippen LogP contribution in [0.4, 0.5) is 10.5 Å². The molecule has 0 saturated heterocycles. The summed E-state index contributed by atoms with van der Waals surface area (Å²) in [5.74, 6) is -0.195. The Labute approximate surface area is 123 Å². The van der Waals surface area contributed by atoms with Crippen LogP contribution in [0.3, 0.4) is 0 Å². The fourth-order valence-corrected chi connectivity index (χ4v) is 1.81. The van der Waals surface area contributed by atoms with E-state index in [1.165, 1.54) is 7.11 Å². The van der Waals surface area contributed by atoms with Crippen LogP contribution < -0.4 is 10.6 Å². The molecule has 0 bridgehead atoms. The quantitative estimate of drug-likeness (QED) is 0.821. The van der Waals surface area contributed by atoms with E-state index in [-0.39, 0.29) is 5.92 Å². The molecule has 6 heteroatoms. The van der Waals surface area contributed by atoms with E-state index in [4.69, 9.17) is 11.6 Å². The highest BCUT2D eigenvalue weighted by Gasteiger charge is 2.22. The lowest BCUT2D eigenvalue weighted by Gasteiger charge is -2.18. The first-order valence-electron chi connectivity index (χ1n) is 6.33. The van der Waals surface area contributed by atoms with Crippen LogP contribution in [0.5, 0.6) is 0 Å². The lowest BCUT2D eigenvalue weighted by Crippen LogP contribution is -2.44. The number of benzene rings is 1. The molecular weight excluding hydrogens is 280 g/mol. The molecule has 2 N–H and O–H groups in total. The first kappa shape index (κ1) is 16.3. The summed E-state index contributed by atoms with van der Waals surface area (Å²) >= 11 is 5.76. The molecule has 0 aliphatic rings. The minimum Gasteiger partial charge on any atom is -0.467 e. The molecule has 0 heterocycles. The number of anilines is 1. The van der Waals surface area contributed by atoms with E-state index < -0.39 is 18.0 Å². The van der Waals surface area contributed by atoms with E-state index in [9.17, 15) is 9.59 Å². The number of rotatable bonds is 5. The Morgan fingerprint density at radius 2 is 1.85 bits per heavy atom. The Morgan fingerprint density at radius 3 is 2.35 bits per heavy atom. The minimum absolute atomic E-state index is 0.259. The summed E-state index contributed by atoms with van der Waals surface area (Å²) in [6.45, 7) is 3.93. The molecule has 0 fully saturated rings. The van der Waals surface area contributed by atoms with Gasteiger partial charge in [-0.3, -0.25) is 0 Å². The monoisotopic (exact) mass is 298 g/mol. The molecule has 1 rings (SSSR count). The highest BCUT2D eigenvalue weighted by atomic mass is 35.5. The second-order valence-electron chi connectivity index (χ2n) is 4.81. The molecule has 5 nitrogen and oxygen atoms in total. The summed E-state index contributed by atoms with van der Waals surface area (Å²) in [5, 5.41) is 5.83. The van der Waals surface area contributed by atoms with Gasteiger partial charge in [0.15, 0.2) is 0 Å². The van der Waals surface area contributed by atoms with Crippen LogP contribution in [-0.4, -0.2) is 25.2 Å². The molecule has 1 aromatic carbocycles. The zero-order valence-electron chi connectivity index (χ0n) is 11.8. The largest absolute Gasteiger partial charge is 0.467 e. The smallest absolute Gasteiger partial charge is 0.328 e. The normalized spacial score (nSPS) is 11.8. The van der Waals surface area contributed by atoms with E-state index in [0.717, 1.165) is 0 Å². The van der Waals surface area contributed by atoms with Crippen molar-refractivity contribution in [1.82, 2.24) is 5.32 Å². The van der Waals surface area contributed by atoms with Crippen molar-refractivity contribution >= 4 is 29.3 Å². The molecule has 0 aliphatic heterocycles. The van der Waals surface area contributed by atoms with Crippen LogP contribution in [0.25, 0.3) is 0 Å². The number of amides is 2. The van der Waals surface area contributed by atoms with Gasteiger partial charge in [0, 0.05) is 10.7 Å². The molecule has 0 aliphatic carbocycles. The predicted octanol–water partition coefficient (Wildman–Crippen LogP) is 3.05. The fraction of sp³-hybridized carbons (Fsp3) is 0.429. The second-order valence-corrected chi connectivity index (χ2v) is 5.25. The average Bonchev–Trinajstić information content (AvgIpc) is 2.39. The van der Waals surface area contributed by atoms with Crippen molar-refractivity contribution in [2.45, 2.75) is 26.3 Å². The van der Waals surface area contributed by atoms with Crippen molar-refractivity contribution in [3.63, 3.8) is 0 Å². The highest BCUT2D eigenvalue weighted by Crippen LogP contribution is 2.13. The number of carbonyl (C=O) groups excluding carboxylic acids is 2. The Balaban J connectivity index is 2.61. The van der Waals surface area contributed by atoms with E-state index in [1.54, 1.807) is 24.3 Å². The number of hydrogen-bond acceptors (Lipinski definition) is 3. The van der Waals surface area contributed by atoms with Crippen LogP contribution in [0, 0.1) is 5.92 Å². The van der Waals surface area contributed by atoms with Crippen molar-refractivity contribution in [3.05, 3.63) is 29.3 Å². The second kappa shape index (κ2) is 7.75. The Kier molecular flexibility index (Phi) is 6.31. The van der Waals surface area contributed by atoms with Gasteiger partial charge >= 0.3 is 12.0 Å². The molecule has 1 unspecified atom stereocenters. The molecule has 1 aromatic rings. The SMILES string of the molecule is COC(=O)C(CC(C)C)NC(=O)Nc1ccc(Cl)cc1. The highest BCUT2D eigenvalue weighted by molar-refractivity contribution is 6.30. The lowest BCUT2D eigenvalue weighted by atomic mass is 10.0. The van der Waals surface area contributed by atoms with Gasteiger partial charge in [0.25, 0.3) is 0 Å². The number of urea groups is 1. The number of ether oxygens (including phenoxy) is 1. The summed E-state index contributed by atoms with van der Waals surface area (Å²) in [6, 6.07) is 5.58. The maximum Gasteiger partial charge on any atom is 0.328 e. The standard InChI is InChI=1S/C14H19ClN2O3/c1-9(2)8-12(13(18)20-3)17-14(19)16-11-6-4-10(15)5-7-11/h4-7,9,12H,8H2,1-3H3,(H2,16,17,19). The van der Waals surface area contributed by atoms with E-state index in [2.05, 4.69) is 15.4 Å². The van der Waals surface area contributed by atoms with Gasteiger partial charge in [0.1, 0.15) is 6.04 Å². The van der Waals surface area contributed by atoms with Gasteiger partial charge in [-0.2, -0.15) is 0 Å². The summed E-state index contributed by atoms with van der Waals surface area (Å²) in [7, 11) is 1.30. The molecule has 0 aromatic heterocycles. The fourth-order valence-electron chi connectivity index (χ4n) is 1.69. The van der Waals surface area contributed by atoms with Crippen molar-refractivity contribution in [2.75, 3.05) is 12.4 Å². The van der Waals surface area contributed by atoms with Gasteiger partial charge in [0.05, 0.1) is 7.11 Å². The number of hydrogen-bond donors (Lipinski definition) is 2. The minimum atomic E-state index is -0.660. The van der Waals surface area contributed by atoms with Gasteiger partial charge in [0.2, 0.25) is 0 Å².